The van der Waals surface area contributed by atoms with Gasteiger partial charge in [-0.05, 0) is 19.8 Å². The smallest absolute Gasteiger partial charge is 0.276 e. The molecule has 15 heavy (non-hydrogen) atoms. The van der Waals surface area contributed by atoms with E-state index in [2.05, 4.69) is 38.3 Å². The molecule has 2 atom stereocenters. The molecule has 5 nitrogen and oxygen atoms in total. The predicted molar refractivity (Wildman–Crippen MR) is 58.8 cm³/mol. The predicted octanol–water partition coefficient (Wildman–Crippen LogP) is 1.19. The van der Waals surface area contributed by atoms with Crippen LogP contribution in [0.25, 0.3) is 0 Å². The summed E-state index contributed by atoms with van der Waals surface area (Å²) in [5.41, 5.74) is 0.392. The molecule has 2 unspecified atom stereocenters. The van der Waals surface area contributed by atoms with E-state index in [1.54, 1.807) is 0 Å². The number of hydrogen-bond donors (Lipinski definition) is 1. The average molecular weight is 273 g/mol. The van der Waals surface area contributed by atoms with Gasteiger partial charge in [0.2, 0.25) is 0 Å². The van der Waals surface area contributed by atoms with Crippen LogP contribution in [0.2, 0.25) is 0 Å². The van der Waals surface area contributed by atoms with Crippen molar-refractivity contribution in [3.05, 3.63) is 11.9 Å². The van der Waals surface area contributed by atoms with Crippen LogP contribution in [-0.4, -0.2) is 43.6 Å². The summed E-state index contributed by atoms with van der Waals surface area (Å²) in [7, 11) is 0. The minimum Gasteiger partial charge on any atom is -0.333 e. The molecule has 0 saturated carbocycles. The van der Waals surface area contributed by atoms with E-state index in [-0.39, 0.29) is 11.9 Å². The van der Waals surface area contributed by atoms with Gasteiger partial charge in [0.05, 0.1) is 6.20 Å². The Kier molecular flexibility index (Phi) is 3.04. The van der Waals surface area contributed by atoms with Gasteiger partial charge in [-0.3, -0.25) is 4.79 Å². The molecular weight excluding hydrogens is 260 g/mol. The minimum atomic E-state index is -0.0413. The lowest BCUT2D eigenvalue weighted by Gasteiger charge is -2.36. The normalized spacial score (nSPS) is 26.7. The first-order valence-electron chi connectivity index (χ1n) is 5.01. The number of halogens is 1. The highest BCUT2D eigenvalue weighted by molar-refractivity contribution is 9.09. The number of piperidine rings is 1. The molecule has 1 aliphatic rings. The average Bonchev–Trinajstić information content (AvgIpc) is 2.74. The molecule has 1 amide bonds. The number of H-pyrrole nitrogens is 1. The maximum absolute atomic E-state index is 12.0. The molecule has 2 rings (SSSR count). The number of nitrogens with one attached hydrogen (secondary N) is 1. The lowest BCUT2D eigenvalue weighted by atomic mass is 10.0. The Labute approximate surface area is 96.4 Å². The van der Waals surface area contributed by atoms with Gasteiger partial charge in [-0.2, -0.15) is 15.4 Å². The van der Waals surface area contributed by atoms with E-state index in [0.29, 0.717) is 10.5 Å². The summed E-state index contributed by atoms with van der Waals surface area (Å²) in [6.45, 7) is 2.85. The Morgan fingerprint density at radius 3 is 3.20 bits per heavy atom. The van der Waals surface area contributed by atoms with Crippen LogP contribution < -0.4 is 0 Å². The van der Waals surface area contributed by atoms with Crippen LogP contribution in [0.3, 0.4) is 0 Å². The fraction of sp³-hybridized carbons (Fsp3) is 0.667. The van der Waals surface area contributed by atoms with Crippen molar-refractivity contribution >= 4 is 21.8 Å². The Balaban J connectivity index is 2.13. The zero-order valence-electron chi connectivity index (χ0n) is 8.48. The molecule has 0 bridgehead atoms. The van der Waals surface area contributed by atoms with Crippen molar-refractivity contribution in [3.63, 3.8) is 0 Å². The fourth-order valence-corrected chi connectivity index (χ4v) is 2.44. The van der Waals surface area contributed by atoms with Gasteiger partial charge >= 0.3 is 0 Å². The Bertz CT molecular complexity index is 340. The molecule has 1 aromatic heterocycles. The number of amides is 1. The molecule has 0 spiro atoms. The van der Waals surface area contributed by atoms with Crippen LogP contribution >= 0.6 is 15.9 Å². The molecule has 0 aromatic carbocycles. The Morgan fingerprint density at radius 2 is 2.53 bits per heavy atom. The van der Waals surface area contributed by atoms with Crippen LogP contribution in [0.15, 0.2) is 6.20 Å². The second-order valence-corrected chi connectivity index (χ2v) is 4.93. The summed E-state index contributed by atoms with van der Waals surface area (Å²) in [5.74, 6) is -0.0413. The summed E-state index contributed by atoms with van der Waals surface area (Å²) in [5, 5.41) is 9.91. The molecular formula is C9H13BrN4O. The molecule has 1 saturated heterocycles. The quantitative estimate of drug-likeness (QED) is 0.782. The highest BCUT2D eigenvalue weighted by Gasteiger charge is 2.30. The SMILES string of the molecule is CC1C(Br)CCCN1C(=O)c1cn[nH]n1. The molecule has 6 heteroatoms. The maximum Gasteiger partial charge on any atom is 0.276 e. The first-order valence-corrected chi connectivity index (χ1v) is 5.92. The molecule has 0 radical (unpaired) electrons. The zero-order chi connectivity index (χ0) is 10.8. The van der Waals surface area contributed by atoms with Crippen LogP contribution in [0, 0.1) is 0 Å². The third-order valence-corrected chi connectivity index (χ3v) is 4.01. The Hall–Kier alpha value is -0.910. The molecule has 1 aliphatic heterocycles. The molecule has 1 N–H and O–H groups in total. The number of alkyl halides is 1. The molecule has 1 aromatic rings. The van der Waals surface area contributed by atoms with Gasteiger partial charge in [-0.25, -0.2) is 0 Å². The molecule has 82 valence electrons. The number of aromatic amines is 1. The number of likely N-dealkylation sites (tertiary alicyclic amines) is 1. The fourth-order valence-electron chi connectivity index (χ4n) is 1.84. The first-order chi connectivity index (χ1) is 7.20. The standard InChI is InChI=1S/C9H13BrN4O/c1-6-7(10)3-2-4-14(6)9(15)8-5-11-13-12-8/h5-7H,2-4H2,1H3,(H,11,12,13). The number of carbonyl (C=O) groups excluding carboxylic acids is 1. The van der Waals surface area contributed by atoms with E-state index in [9.17, 15) is 4.79 Å². The number of nitrogens with zero attached hydrogens (tertiary/aromatic N) is 3. The van der Waals surface area contributed by atoms with Crippen molar-refractivity contribution in [2.24, 2.45) is 0 Å². The lowest BCUT2D eigenvalue weighted by Crippen LogP contribution is -2.47. The number of carbonyl (C=O) groups is 1. The summed E-state index contributed by atoms with van der Waals surface area (Å²) in [6.07, 6.45) is 3.61. The zero-order valence-corrected chi connectivity index (χ0v) is 10.1. The minimum absolute atomic E-state index is 0.0413. The lowest BCUT2D eigenvalue weighted by molar-refractivity contribution is 0.0640. The van der Waals surface area contributed by atoms with Crippen LogP contribution in [0.4, 0.5) is 0 Å². The second-order valence-electron chi connectivity index (χ2n) is 3.75. The van der Waals surface area contributed by atoms with Gasteiger partial charge in [0, 0.05) is 17.4 Å². The van der Waals surface area contributed by atoms with E-state index < -0.39 is 0 Å². The number of aromatic nitrogens is 3. The van der Waals surface area contributed by atoms with Crippen molar-refractivity contribution in [1.29, 1.82) is 0 Å². The summed E-state index contributed by atoms with van der Waals surface area (Å²) in [6, 6.07) is 0.211. The van der Waals surface area contributed by atoms with E-state index in [0.717, 1.165) is 19.4 Å². The first kappa shape index (κ1) is 10.6. The summed E-state index contributed by atoms with van der Waals surface area (Å²) in [4.78, 5) is 14.2. The van der Waals surface area contributed by atoms with Gasteiger partial charge in [0.1, 0.15) is 0 Å². The van der Waals surface area contributed by atoms with E-state index in [1.807, 2.05) is 4.90 Å². The third kappa shape index (κ3) is 2.04. The van der Waals surface area contributed by atoms with Crippen molar-refractivity contribution in [3.8, 4) is 0 Å². The highest BCUT2D eigenvalue weighted by Crippen LogP contribution is 2.24. The van der Waals surface area contributed by atoms with Crippen LogP contribution in [-0.2, 0) is 0 Å². The van der Waals surface area contributed by atoms with Gasteiger partial charge in [0.15, 0.2) is 5.69 Å². The molecule has 0 aliphatic carbocycles. The van der Waals surface area contributed by atoms with Crippen molar-refractivity contribution in [2.45, 2.75) is 30.6 Å². The third-order valence-electron chi connectivity index (χ3n) is 2.79. The van der Waals surface area contributed by atoms with Gasteiger partial charge in [-0.1, -0.05) is 15.9 Å². The Morgan fingerprint density at radius 1 is 1.73 bits per heavy atom. The monoisotopic (exact) mass is 272 g/mol. The highest BCUT2D eigenvalue weighted by atomic mass is 79.9. The maximum atomic E-state index is 12.0. The van der Waals surface area contributed by atoms with E-state index in [4.69, 9.17) is 0 Å². The van der Waals surface area contributed by atoms with Gasteiger partial charge in [-0.15, -0.1) is 0 Å². The molecule has 1 fully saturated rings. The van der Waals surface area contributed by atoms with Crippen molar-refractivity contribution in [1.82, 2.24) is 20.3 Å². The topological polar surface area (TPSA) is 61.9 Å². The largest absolute Gasteiger partial charge is 0.333 e. The van der Waals surface area contributed by atoms with Gasteiger partial charge in [0.25, 0.3) is 5.91 Å². The number of hydrogen-bond acceptors (Lipinski definition) is 3. The summed E-state index contributed by atoms with van der Waals surface area (Å²) < 4.78 is 0. The van der Waals surface area contributed by atoms with Crippen LogP contribution in [0.5, 0.6) is 0 Å². The second kappa shape index (κ2) is 4.30. The molecule has 2 heterocycles. The number of rotatable bonds is 1. The summed E-state index contributed by atoms with van der Waals surface area (Å²) >= 11 is 3.59. The van der Waals surface area contributed by atoms with Gasteiger partial charge < -0.3 is 4.90 Å². The van der Waals surface area contributed by atoms with Crippen molar-refractivity contribution < 1.29 is 4.79 Å². The van der Waals surface area contributed by atoms with E-state index >= 15 is 0 Å². The van der Waals surface area contributed by atoms with Crippen molar-refractivity contribution in [2.75, 3.05) is 6.54 Å². The van der Waals surface area contributed by atoms with E-state index in [1.165, 1.54) is 6.20 Å². The van der Waals surface area contributed by atoms with Crippen LogP contribution in [0.1, 0.15) is 30.3 Å².